The standard InChI is InChI=1S/C23H32ClN5O2S/c1-15(2)13-19(26-22(31)17-11-7-8-12-18(17)24)21-27-28-23(29(21)3)32-14-20(30)25-16-9-5-4-6-10-16/h7-8,11-12,15-16,19H,4-6,9-10,13-14H2,1-3H3,(H,25,30)(H,26,31). The van der Waals surface area contributed by atoms with Crippen LogP contribution in [0.1, 0.15) is 74.6 Å². The number of thioether (sulfide) groups is 1. The summed E-state index contributed by atoms with van der Waals surface area (Å²) in [5, 5.41) is 15.9. The molecule has 1 aromatic carbocycles. The molecule has 2 N–H and O–H groups in total. The van der Waals surface area contributed by atoms with Crippen molar-refractivity contribution in [3.05, 3.63) is 40.7 Å². The smallest absolute Gasteiger partial charge is 0.253 e. The van der Waals surface area contributed by atoms with Gasteiger partial charge in [-0.2, -0.15) is 0 Å². The lowest BCUT2D eigenvalue weighted by molar-refractivity contribution is -0.119. The minimum Gasteiger partial charge on any atom is -0.353 e. The molecule has 0 radical (unpaired) electrons. The Morgan fingerprint density at radius 2 is 1.91 bits per heavy atom. The predicted octanol–water partition coefficient (Wildman–Crippen LogP) is 4.53. The number of nitrogens with one attached hydrogen (secondary N) is 2. The fourth-order valence-corrected chi connectivity index (χ4v) is 4.93. The number of carbonyl (C=O) groups is 2. The second-order valence-electron chi connectivity index (χ2n) is 8.73. The Balaban J connectivity index is 1.65. The van der Waals surface area contributed by atoms with Crippen molar-refractivity contribution in [2.75, 3.05) is 5.75 Å². The number of hydrogen-bond donors (Lipinski definition) is 2. The van der Waals surface area contributed by atoms with Crippen LogP contribution in [0.5, 0.6) is 0 Å². The van der Waals surface area contributed by atoms with Crippen molar-refractivity contribution in [3.8, 4) is 0 Å². The van der Waals surface area contributed by atoms with Crippen molar-refractivity contribution in [1.29, 1.82) is 0 Å². The van der Waals surface area contributed by atoms with E-state index in [1.54, 1.807) is 24.3 Å². The number of rotatable bonds is 9. The molecule has 1 aromatic heterocycles. The molecule has 1 heterocycles. The first-order valence-electron chi connectivity index (χ1n) is 11.2. The second kappa shape index (κ2) is 11.7. The molecular formula is C23H32ClN5O2S. The highest BCUT2D eigenvalue weighted by Gasteiger charge is 2.24. The van der Waals surface area contributed by atoms with Gasteiger partial charge in [0.2, 0.25) is 5.91 Å². The molecule has 0 spiro atoms. The van der Waals surface area contributed by atoms with E-state index in [0.717, 1.165) is 12.8 Å². The van der Waals surface area contributed by atoms with E-state index >= 15 is 0 Å². The van der Waals surface area contributed by atoms with E-state index in [1.165, 1.54) is 31.0 Å². The van der Waals surface area contributed by atoms with Crippen LogP contribution in [0.2, 0.25) is 5.02 Å². The highest BCUT2D eigenvalue weighted by Crippen LogP contribution is 2.25. The molecular weight excluding hydrogens is 446 g/mol. The molecule has 9 heteroatoms. The SMILES string of the molecule is CC(C)CC(NC(=O)c1ccccc1Cl)c1nnc(SCC(=O)NC2CCCCC2)n1C. The van der Waals surface area contributed by atoms with Gasteiger partial charge in [-0.3, -0.25) is 9.59 Å². The summed E-state index contributed by atoms with van der Waals surface area (Å²) in [6.07, 6.45) is 6.45. The van der Waals surface area contributed by atoms with Crippen LogP contribution in [0.3, 0.4) is 0 Å². The second-order valence-corrected chi connectivity index (χ2v) is 10.1. The van der Waals surface area contributed by atoms with Gasteiger partial charge in [-0.05, 0) is 37.3 Å². The number of halogens is 1. The maximum atomic E-state index is 12.8. The molecule has 1 atom stereocenters. The van der Waals surface area contributed by atoms with Crippen molar-refractivity contribution in [2.24, 2.45) is 13.0 Å². The summed E-state index contributed by atoms with van der Waals surface area (Å²) in [5.41, 5.74) is 0.430. The van der Waals surface area contributed by atoms with E-state index in [-0.39, 0.29) is 17.9 Å². The normalized spacial score (nSPS) is 15.5. The zero-order valence-corrected chi connectivity index (χ0v) is 20.5. The van der Waals surface area contributed by atoms with Gasteiger partial charge < -0.3 is 15.2 Å². The van der Waals surface area contributed by atoms with Crippen molar-refractivity contribution in [1.82, 2.24) is 25.4 Å². The maximum Gasteiger partial charge on any atom is 0.253 e. The molecule has 3 rings (SSSR count). The van der Waals surface area contributed by atoms with Gasteiger partial charge >= 0.3 is 0 Å². The number of hydrogen-bond acceptors (Lipinski definition) is 5. The Labute approximate surface area is 199 Å². The highest BCUT2D eigenvalue weighted by atomic mass is 35.5. The van der Waals surface area contributed by atoms with Crippen LogP contribution in [0.4, 0.5) is 0 Å². The van der Waals surface area contributed by atoms with E-state index in [1.807, 2.05) is 11.6 Å². The molecule has 32 heavy (non-hydrogen) atoms. The molecule has 0 bridgehead atoms. The van der Waals surface area contributed by atoms with E-state index in [9.17, 15) is 9.59 Å². The average Bonchev–Trinajstić information content (AvgIpc) is 3.12. The highest BCUT2D eigenvalue weighted by molar-refractivity contribution is 7.99. The van der Waals surface area contributed by atoms with Crippen LogP contribution in [0.25, 0.3) is 0 Å². The molecule has 2 amide bonds. The number of nitrogens with zero attached hydrogens (tertiary/aromatic N) is 3. The summed E-state index contributed by atoms with van der Waals surface area (Å²) >= 11 is 7.56. The lowest BCUT2D eigenvalue weighted by Crippen LogP contribution is -2.37. The molecule has 1 saturated carbocycles. The Bertz CT molecular complexity index is 927. The summed E-state index contributed by atoms with van der Waals surface area (Å²) in [4.78, 5) is 25.2. The molecule has 1 fully saturated rings. The monoisotopic (exact) mass is 477 g/mol. The van der Waals surface area contributed by atoms with Crippen LogP contribution in [0, 0.1) is 5.92 Å². The van der Waals surface area contributed by atoms with E-state index < -0.39 is 0 Å². The third-order valence-corrected chi connectivity index (χ3v) is 6.96. The van der Waals surface area contributed by atoms with Crippen LogP contribution in [0.15, 0.2) is 29.4 Å². The Hall–Kier alpha value is -2.06. The van der Waals surface area contributed by atoms with Crippen molar-refractivity contribution in [2.45, 2.75) is 69.6 Å². The van der Waals surface area contributed by atoms with Crippen molar-refractivity contribution < 1.29 is 9.59 Å². The van der Waals surface area contributed by atoms with Gasteiger partial charge in [-0.25, -0.2) is 0 Å². The van der Waals surface area contributed by atoms with Gasteiger partial charge in [0.25, 0.3) is 5.91 Å². The molecule has 0 saturated heterocycles. The summed E-state index contributed by atoms with van der Waals surface area (Å²) in [6.45, 7) is 4.19. The third kappa shape index (κ3) is 6.72. The summed E-state index contributed by atoms with van der Waals surface area (Å²) in [6, 6.07) is 6.95. The summed E-state index contributed by atoms with van der Waals surface area (Å²) < 4.78 is 1.86. The first-order valence-corrected chi connectivity index (χ1v) is 12.6. The van der Waals surface area contributed by atoms with E-state index in [4.69, 9.17) is 11.6 Å². The zero-order chi connectivity index (χ0) is 23.1. The topological polar surface area (TPSA) is 88.9 Å². The molecule has 1 unspecified atom stereocenters. The summed E-state index contributed by atoms with van der Waals surface area (Å²) in [7, 11) is 1.87. The Morgan fingerprint density at radius 3 is 2.59 bits per heavy atom. The average molecular weight is 478 g/mol. The van der Waals surface area contributed by atoms with Gasteiger partial charge in [0.15, 0.2) is 11.0 Å². The largest absolute Gasteiger partial charge is 0.353 e. The van der Waals surface area contributed by atoms with Gasteiger partial charge in [-0.15, -0.1) is 10.2 Å². The van der Waals surface area contributed by atoms with Gasteiger partial charge in [-0.1, -0.05) is 68.6 Å². The lowest BCUT2D eigenvalue weighted by Gasteiger charge is -2.22. The van der Waals surface area contributed by atoms with Gasteiger partial charge in [0.05, 0.1) is 22.4 Å². The third-order valence-electron chi connectivity index (χ3n) is 5.61. The maximum absolute atomic E-state index is 12.8. The fourth-order valence-electron chi connectivity index (χ4n) is 3.98. The molecule has 174 valence electrons. The van der Waals surface area contributed by atoms with Crippen LogP contribution in [-0.4, -0.2) is 38.4 Å². The van der Waals surface area contributed by atoms with E-state index in [0.29, 0.717) is 45.7 Å². The minimum absolute atomic E-state index is 0.0252. The van der Waals surface area contributed by atoms with Crippen LogP contribution < -0.4 is 10.6 Å². The quantitative estimate of drug-likeness (QED) is 0.518. The molecule has 2 aromatic rings. The lowest BCUT2D eigenvalue weighted by atomic mass is 9.95. The number of aromatic nitrogens is 3. The minimum atomic E-state index is -0.318. The fraction of sp³-hybridized carbons (Fsp3) is 0.565. The Kier molecular flexibility index (Phi) is 8.99. The van der Waals surface area contributed by atoms with Crippen LogP contribution in [-0.2, 0) is 11.8 Å². The molecule has 7 nitrogen and oxygen atoms in total. The van der Waals surface area contributed by atoms with Crippen molar-refractivity contribution in [3.63, 3.8) is 0 Å². The Morgan fingerprint density at radius 1 is 1.19 bits per heavy atom. The first-order chi connectivity index (χ1) is 15.3. The molecule has 1 aliphatic carbocycles. The van der Waals surface area contributed by atoms with E-state index in [2.05, 4.69) is 34.7 Å². The predicted molar refractivity (Wildman–Crippen MR) is 128 cm³/mol. The summed E-state index contributed by atoms with van der Waals surface area (Å²) in [5.74, 6) is 1.07. The van der Waals surface area contributed by atoms with Crippen LogP contribution >= 0.6 is 23.4 Å². The molecule has 1 aliphatic rings. The van der Waals surface area contributed by atoms with Gasteiger partial charge in [0, 0.05) is 13.1 Å². The number of benzene rings is 1. The number of carbonyl (C=O) groups excluding carboxylic acids is 2. The van der Waals surface area contributed by atoms with Gasteiger partial charge in [0.1, 0.15) is 0 Å². The van der Waals surface area contributed by atoms with Crippen molar-refractivity contribution >= 4 is 35.2 Å². The zero-order valence-electron chi connectivity index (χ0n) is 18.9. The molecule has 0 aliphatic heterocycles. The first kappa shape index (κ1) is 24.6. The number of amides is 2.